The number of rotatable bonds is 3. The maximum Gasteiger partial charge on any atom is 0.225 e. The maximum atomic E-state index is 12.6. The first kappa shape index (κ1) is 20.0. The number of carbonyl (C=O) groups excluding carboxylic acids is 1. The Kier molecular flexibility index (Phi) is 5.07. The molecule has 7 heteroatoms. The van der Waals surface area contributed by atoms with Gasteiger partial charge in [0.05, 0.1) is 5.54 Å². The van der Waals surface area contributed by atoms with Crippen LogP contribution in [0.5, 0.6) is 0 Å². The number of amides is 1. The van der Waals surface area contributed by atoms with Crippen LogP contribution >= 0.6 is 35.0 Å². The summed E-state index contributed by atoms with van der Waals surface area (Å²) in [4.78, 5) is 21.9. The van der Waals surface area contributed by atoms with Crippen LogP contribution in [-0.2, 0) is 4.79 Å². The monoisotopic (exact) mass is 451 g/mol. The molecule has 1 aromatic rings. The lowest BCUT2D eigenvalue weighted by Crippen LogP contribution is -2.51. The van der Waals surface area contributed by atoms with Crippen LogP contribution in [0, 0.1) is 17.8 Å². The van der Waals surface area contributed by atoms with Gasteiger partial charge in [0.25, 0.3) is 0 Å². The van der Waals surface area contributed by atoms with Crippen LogP contribution in [0.15, 0.2) is 23.2 Å². The van der Waals surface area contributed by atoms with Crippen LogP contribution in [0.2, 0.25) is 10.0 Å². The molecule has 1 unspecified atom stereocenters. The Labute approximate surface area is 187 Å². The van der Waals surface area contributed by atoms with Crippen LogP contribution in [-0.4, -0.2) is 40.5 Å². The Hall–Kier alpha value is -0.910. The lowest BCUT2D eigenvalue weighted by atomic mass is 9.53. The molecule has 29 heavy (non-hydrogen) atoms. The minimum Gasteiger partial charge on any atom is -0.333 e. The molecule has 5 fully saturated rings. The Morgan fingerprint density at radius 3 is 2.17 bits per heavy atom. The van der Waals surface area contributed by atoms with E-state index in [2.05, 4.69) is 11.9 Å². The molecule has 4 aliphatic carbocycles. The Morgan fingerprint density at radius 2 is 1.66 bits per heavy atom. The average molecular weight is 452 g/mol. The van der Waals surface area contributed by atoms with Crippen LogP contribution in [0.3, 0.4) is 0 Å². The Morgan fingerprint density at radius 1 is 1.10 bits per heavy atom. The van der Waals surface area contributed by atoms with Crippen molar-refractivity contribution in [1.82, 2.24) is 4.90 Å². The van der Waals surface area contributed by atoms with Gasteiger partial charge in [0.15, 0.2) is 5.17 Å². The van der Waals surface area contributed by atoms with Gasteiger partial charge >= 0.3 is 0 Å². The largest absolute Gasteiger partial charge is 0.333 e. The highest BCUT2D eigenvalue weighted by molar-refractivity contribution is 8.14. The van der Waals surface area contributed by atoms with E-state index in [-0.39, 0.29) is 17.6 Å². The average Bonchev–Trinajstić information content (AvgIpc) is 2.93. The van der Waals surface area contributed by atoms with Crippen molar-refractivity contribution in [3.63, 3.8) is 0 Å². The second kappa shape index (κ2) is 7.35. The molecular formula is C22H27Cl2N3OS. The molecule has 0 N–H and O–H groups in total. The predicted molar refractivity (Wildman–Crippen MR) is 122 cm³/mol. The number of amidine groups is 1. The summed E-state index contributed by atoms with van der Waals surface area (Å²) in [6, 6.07) is 5.31. The number of nitrogens with zero attached hydrogens (tertiary/aromatic N) is 3. The van der Waals surface area contributed by atoms with Crippen LogP contribution in [0.4, 0.5) is 5.69 Å². The first-order chi connectivity index (χ1) is 13.8. The molecule has 1 heterocycles. The van der Waals surface area contributed by atoms with Crippen LogP contribution in [0.1, 0.15) is 45.4 Å². The molecule has 1 atom stereocenters. The second-order valence-electron chi connectivity index (χ2n) is 9.46. The van der Waals surface area contributed by atoms with Gasteiger partial charge in [0.2, 0.25) is 5.91 Å². The van der Waals surface area contributed by atoms with Crippen molar-refractivity contribution in [3.05, 3.63) is 28.2 Å². The molecule has 4 saturated carbocycles. The van der Waals surface area contributed by atoms with Gasteiger partial charge in [-0.05, 0) is 74.5 Å². The van der Waals surface area contributed by atoms with Gasteiger partial charge in [-0.2, -0.15) is 0 Å². The van der Waals surface area contributed by atoms with Crippen molar-refractivity contribution in [2.75, 3.05) is 17.7 Å². The van der Waals surface area contributed by atoms with Crippen molar-refractivity contribution < 1.29 is 4.79 Å². The normalized spacial score (nSPS) is 36.8. The summed E-state index contributed by atoms with van der Waals surface area (Å²) >= 11 is 14.2. The topological polar surface area (TPSA) is 35.9 Å². The quantitative estimate of drug-likeness (QED) is 0.593. The minimum absolute atomic E-state index is 0.0168. The Balaban J connectivity index is 1.42. The fraction of sp³-hybridized carbons (Fsp3) is 0.636. The summed E-state index contributed by atoms with van der Waals surface area (Å²) in [5.74, 6) is 3.41. The van der Waals surface area contributed by atoms with E-state index in [1.807, 2.05) is 12.1 Å². The zero-order chi connectivity index (χ0) is 20.3. The van der Waals surface area contributed by atoms with E-state index in [1.54, 1.807) is 29.7 Å². The molecule has 0 spiro atoms. The zero-order valence-corrected chi connectivity index (χ0v) is 19.2. The highest BCUT2D eigenvalue weighted by atomic mass is 35.5. The number of hydrogen-bond donors (Lipinski definition) is 0. The van der Waals surface area contributed by atoms with E-state index in [0.29, 0.717) is 10.0 Å². The van der Waals surface area contributed by atoms with Gasteiger partial charge in [-0.25, -0.2) is 0 Å². The van der Waals surface area contributed by atoms with Crippen LogP contribution < -0.4 is 4.90 Å². The van der Waals surface area contributed by atoms with E-state index in [1.165, 1.54) is 38.5 Å². The van der Waals surface area contributed by atoms with Crippen molar-refractivity contribution in [1.29, 1.82) is 0 Å². The molecular weight excluding hydrogens is 425 g/mol. The lowest BCUT2D eigenvalue weighted by Gasteiger charge is -2.55. The highest BCUT2D eigenvalue weighted by Gasteiger charge is 2.51. The number of aliphatic imine (C=N–C) groups is 1. The van der Waals surface area contributed by atoms with Crippen LogP contribution in [0.25, 0.3) is 0 Å². The standard InChI is InChI=1S/C22H27Cl2N3OS/c1-13(28)27(19-7-17(23)6-18(24)8-19)20-12-29-21(26(20)2)25-22-9-14-3-15(10-22)5-16(4-14)11-22/h6-8,14-16,20H,3-5,9-12H2,1-2H3. The fourth-order valence-corrected chi connectivity index (χ4v) is 8.26. The van der Waals surface area contributed by atoms with Gasteiger partial charge in [0.1, 0.15) is 6.17 Å². The summed E-state index contributed by atoms with van der Waals surface area (Å²) in [6.07, 6.45) is 7.93. The smallest absolute Gasteiger partial charge is 0.225 e. The number of hydrogen-bond acceptors (Lipinski definition) is 3. The van der Waals surface area contributed by atoms with Gasteiger partial charge < -0.3 is 4.90 Å². The molecule has 0 radical (unpaired) electrons. The maximum absolute atomic E-state index is 12.6. The van der Waals surface area contributed by atoms with E-state index in [0.717, 1.165) is 34.4 Å². The fourth-order valence-electron chi connectivity index (χ4n) is 6.50. The molecule has 1 aliphatic heterocycles. The van der Waals surface area contributed by atoms with Crippen molar-refractivity contribution in [3.8, 4) is 0 Å². The van der Waals surface area contributed by atoms with E-state index in [4.69, 9.17) is 28.2 Å². The summed E-state index contributed by atoms with van der Waals surface area (Å²) in [5, 5.41) is 2.15. The first-order valence-electron chi connectivity index (χ1n) is 10.5. The SMILES string of the molecule is CC(=O)N(c1cc(Cl)cc(Cl)c1)C1CSC(=NC23CC4CC(CC(C4)C2)C3)N1C. The number of anilines is 1. The number of benzene rings is 1. The van der Waals surface area contributed by atoms with Crippen molar-refractivity contribution in [2.45, 2.75) is 57.2 Å². The molecule has 4 bridgehead atoms. The molecule has 0 aromatic heterocycles. The van der Waals surface area contributed by atoms with E-state index >= 15 is 0 Å². The van der Waals surface area contributed by atoms with Gasteiger partial charge in [-0.1, -0.05) is 35.0 Å². The third-order valence-electron chi connectivity index (χ3n) is 7.21. The molecule has 5 aliphatic rings. The molecule has 1 aromatic carbocycles. The second-order valence-corrected chi connectivity index (χ2v) is 11.3. The molecule has 156 valence electrons. The summed E-state index contributed by atoms with van der Waals surface area (Å²) < 4.78 is 0. The molecule has 1 amide bonds. The Bertz CT molecular complexity index is 818. The third kappa shape index (κ3) is 3.68. The predicted octanol–water partition coefficient (Wildman–Crippen LogP) is 5.68. The van der Waals surface area contributed by atoms with Crippen molar-refractivity contribution >= 4 is 51.7 Å². The molecule has 6 rings (SSSR count). The highest BCUT2D eigenvalue weighted by Crippen LogP contribution is 2.57. The zero-order valence-electron chi connectivity index (χ0n) is 16.9. The van der Waals surface area contributed by atoms with Gasteiger partial charge in [-0.15, -0.1) is 0 Å². The summed E-state index contributed by atoms with van der Waals surface area (Å²) in [7, 11) is 2.06. The lowest BCUT2D eigenvalue weighted by molar-refractivity contribution is -0.117. The van der Waals surface area contributed by atoms with E-state index < -0.39 is 0 Å². The first-order valence-corrected chi connectivity index (χ1v) is 12.3. The summed E-state index contributed by atoms with van der Waals surface area (Å²) in [5.41, 5.74) is 0.879. The van der Waals surface area contributed by atoms with E-state index in [9.17, 15) is 4.79 Å². The summed E-state index contributed by atoms with van der Waals surface area (Å²) in [6.45, 7) is 1.60. The molecule has 4 nitrogen and oxygen atoms in total. The number of halogens is 2. The minimum atomic E-state index is -0.0836. The molecule has 1 saturated heterocycles. The number of thioether (sulfide) groups is 1. The van der Waals surface area contributed by atoms with Crippen molar-refractivity contribution in [2.24, 2.45) is 22.7 Å². The van der Waals surface area contributed by atoms with Gasteiger partial charge in [0, 0.05) is 35.5 Å². The third-order valence-corrected chi connectivity index (χ3v) is 8.75. The number of carbonyl (C=O) groups is 1. The van der Waals surface area contributed by atoms with Gasteiger partial charge in [-0.3, -0.25) is 14.7 Å².